The van der Waals surface area contributed by atoms with Crippen LogP contribution in [0.5, 0.6) is 0 Å². The molecular weight excluding hydrogens is 570 g/mol. The van der Waals surface area contributed by atoms with Crippen molar-refractivity contribution in [2.75, 3.05) is 39.3 Å². The van der Waals surface area contributed by atoms with Crippen molar-refractivity contribution in [3.8, 4) is 0 Å². The first-order valence-corrected chi connectivity index (χ1v) is 9.53. The van der Waals surface area contributed by atoms with Gasteiger partial charge in [-0.05, 0) is 0 Å². The molecule has 1 heterocycles. The quantitative estimate of drug-likeness (QED) is 0.378. The van der Waals surface area contributed by atoms with Crippen LogP contribution in [0, 0.1) is 0 Å². The highest BCUT2D eigenvalue weighted by atomic mass is 19.4. The highest BCUT2D eigenvalue weighted by Gasteiger charge is 2.79. The van der Waals surface area contributed by atoms with Crippen LogP contribution in [-0.4, -0.2) is 109 Å². The number of nitrogens with one attached hydrogen (secondary N) is 1. The van der Waals surface area contributed by atoms with E-state index in [2.05, 4.69) is 0 Å². The van der Waals surface area contributed by atoms with Gasteiger partial charge in [-0.2, -0.15) is 52.7 Å². The first-order chi connectivity index (χ1) is 16.4. The zero-order valence-electron chi connectivity index (χ0n) is 17.7. The molecule has 0 radical (unpaired) electrons. The van der Waals surface area contributed by atoms with Crippen LogP contribution in [-0.2, 0) is 9.59 Å². The smallest absolute Gasteiger partial charge is 0.349 e. The number of hydrogen-bond donors (Lipinski definition) is 1. The molecule has 0 atom stereocenters. The Morgan fingerprint density at radius 2 is 1.03 bits per heavy atom. The Bertz CT molecular complexity index is 824. The second kappa shape index (κ2) is 10.5. The monoisotopic (exact) mass is 585 g/mol. The molecule has 37 heavy (non-hydrogen) atoms. The van der Waals surface area contributed by atoms with E-state index in [0.717, 1.165) is 10.2 Å². The van der Waals surface area contributed by atoms with Crippen LogP contribution in [0.4, 0.5) is 70.2 Å². The molecule has 0 aromatic heterocycles. The fourth-order valence-corrected chi connectivity index (χ4v) is 2.78. The highest BCUT2D eigenvalue weighted by molar-refractivity contribution is 5.85. The largest absolute Gasteiger partial charge is 0.392 e. The van der Waals surface area contributed by atoms with E-state index in [1.807, 2.05) is 0 Å². The fraction of sp³-hybridized carbons (Fsp3) is 0.875. The van der Waals surface area contributed by atoms with Crippen LogP contribution in [0.3, 0.4) is 0 Å². The molecule has 0 spiro atoms. The van der Waals surface area contributed by atoms with Gasteiger partial charge in [-0.3, -0.25) is 14.5 Å². The lowest BCUT2D eigenvalue weighted by Gasteiger charge is -2.38. The maximum absolute atomic E-state index is 13.7. The predicted octanol–water partition coefficient (Wildman–Crippen LogP) is 3.59. The van der Waals surface area contributed by atoms with Gasteiger partial charge in [-0.15, -0.1) is 0 Å². The summed E-state index contributed by atoms with van der Waals surface area (Å²) in [5, 5.41) is 1.05. The maximum Gasteiger partial charge on any atom is 0.392 e. The van der Waals surface area contributed by atoms with Gasteiger partial charge in [0.25, 0.3) is 11.8 Å². The van der Waals surface area contributed by atoms with Gasteiger partial charge in [-0.25, -0.2) is 17.6 Å². The van der Waals surface area contributed by atoms with Gasteiger partial charge < -0.3 is 10.2 Å². The Labute approximate surface area is 195 Å². The van der Waals surface area contributed by atoms with Crippen LogP contribution in [0.2, 0.25) is 0 Å². The summed E-state index contributed by atoms with van der Waals surface area (Å²) in [5.74, 6) is -45.5. The molecule has 1 saturated heterocycles. The molecule has 1 aliphatic rings. The average Bonchev–Trinajstić information content (AvgIpc) is 2.77. The summed E-state index contributed by atoms with van der Waals surface area (Å²) in [7, 11) is 0. The van der Waals surface area contributed by atoms with Crippen molar-refractivity contribution in [1.82, 2.24) is 15.1 Å². The molecule has 21 heteroatoms. The van der Waals surface area contributed by atoms with E-state index >= 15 is 0 Å². The standard InChI is InChI=1S/C16H15F16N3O2/c17-7(18)11(21,22)15(29,30)13(25,26)9(36)33-1-2-34-3-5-35(6-4-34)10(37)14(27,28)16(31,32)12(23,24)8(19)20/h7-8H,1-6H2,(H,33,36). The second-order valence-corrected chi connectivity index (χ2v) is 7.53. The average molecular weight is 585 g/mol. The molecule has 0 aromatic carbocycles. The molecule has 5 nitrogen and oxygen atoms in total. The Hall–Kier alpha value is -2.22. The van der Waals surface area contributed by atoms with E-state index in [1.165, 1.54) is 0 Å². The molecule has 1 aliphatic heterocycles. The summed E-state index contributed by atoms with van der Waals surface area (Å²) in [6.45, 7) is -4.86. The zero-order valence-corrected chi connectivity index (χ0v) is 17.7. The summed E-state index contributed by atoms with van der Waals surface area (Å²) in [4.78, 5) is 23.7. The summed E-state index contributed by atoms with van der Waals surface area (Å²) < 4.78 is 207. The third kappa shape index (κ3) is 5.64. The molecule has 0 saturated carbocycles. The SMILES string of the molecule is O=C(NCCN1CCN(C(=O)C(F)(F)C(F)(F)C(F)(F)C(F)F)CC1)C(F)(F)C(F)(F)C(F)(F)C(F)F. The summed E-state index contributed by atoms with van der Waals surface area (Å²) in [6.07, 6.45) is -10.5. The molecule has 1 fully saturated rings. The Morgan fingerprint density at radius 3 is 1.41 bits per heavy atom. The lowest BCUT2D eigenvalue weighted by molar-refractivity contribution is -0.330. The topological polar surface area (TPSA) is 52.7 Å². The number of alkyl halides is 16. The Morgan fingerprint density at radius 1 is 0.649 bits per heavy atom. The van der Waals surface area contributed by atoms with E-state index in [1.54, 1.807) is 0 Å². The third-order valence-electron chi connectivity index (χ3n) is 5.10. The van der Waals surface area contributed by atoms with Crippen molar-refractivity contribution in [2.24, 2.45) is 0 Å². The minimum atomic E-state index is -6.82. The van der Waals surface area contributed by atoms with E-state index in [9.17, 15) is 79.8 Å². The lowest BCUT2D eigenvalue weighted by atomic mass is 10.0. The van der Waals surface area contributed by atoms with Crippen LogP contribution in [0.15, 0.2) is 0 Å². The van der Waals surface area contributed by atoms with E-state index in [-0.39, 0.29) is 4.90 Å². The summed E-state index contributed by atoms with van der Waals surface area (Å²) in [5.41, 5.74) is 0. The Kier molecular flexibility index (Phi) is 9.32. The number of hydrogen-bond acceptors (Lipinski definition) is 3. The van der Waals surface area contributed by atoms with Gasteiger partial charge in [0.1, 0.15) is 0 Å². The number of halogens is 16. The van der Waals surface area contributed by atoms with Gasteiger partial charge in [-0.1, -0.05) is 0 Å². The van der Waals surface area contributed by atoms with Gasteiger partial charge in [0.05, 0.1) is 0 Å². The van der Waals surface area contributed by atoms with Gasteiger partial charge >= 0.3 is 48.4 Å². The molecule has 0 aromatic rings. The van der Waals surface area contributed by atoms with E-state index in [0.29, 0.717) is 0 Å². The lowest BCUT2D eigenvalue weighted by Crippen LogP contribution is -2.65. The first-order valence-electron chi connectivity index (χ1n) is 9.53. The van der Waals surface area contributed by atoms with Crippen molar-refractivity contribution in [3.63, 3.8) is 0 Å². The Balaban J connectivity index is 2.73. The molecule has 1 rings (SSSR count). The molecule has 2 amide bonds. The summed E-state index contributed by atoms with van der Waals surface area (Å²) >= 11 is 0. The molecule has 0 unspecified atom stereocenters. The second-order valence-electron chi connectivity index (χ2n) is 7.53. The third-order valence-corrected chi connectivity index (χ3v) is 5.10. The minimum Gasteiger partial charge on any atom is -0.349 e. The van der Waals surface area contributed by atoms with Crippen molar-refractivity contribution < 1.29 is 79.8 Å². The van der Waals surface area contributed by atoms with Gasteiger partial charge in [0.15, 0.2) is 0 Å². The van der Waals surface area contributed by atoms with Crippen LogP contribution in [0.1, 0.15) is 0 Å². The van der Waals surface area contributed by atoms with E-state index in [4.69, 9.17) is 0 Å². The van der Waals surface area contributed by atoms with E-state index < -0.39 is 99.5 Å². The predicted molar refractivity (Wildman–Crippen MR) is 87.7 cm³/mol. The maximum atomic E-state index is 13.7. The highest BCUT2D eigenvalue weighted by Crippen LogP contribution is 2.50. The number of nitrogens with zero attached hydrogens (tertiary/aromatic N) is 2. The van der Waals surface area contributed by atoms with Gasteiger partial charge in [0, 0.05) is 39.3 Å². The van der Waals surface area contributed by atoms with Crippen molar-refractivity contribution in [3.05, 3.63) is 0 Å². The van der Waals surface area contributed by atoms with Crippen LogP contribution in [0.25, 0.3) is 0 Å². The number of carbonyl (C=O) groups excluding carboxylic acids is 2. The number of piperazine rings is 1. The zero-order chi connectivity index (χ0) is 29.4. The van der Waals surface area contributed by atoms with Crippen molar-refractivity contribution >= 4 is 11.8 Å². The number of carbonyl (C=O) groups is 2. The minimum absolute atomic E-state index is 0.119. The first kappa shape index (κ1) is 32.8. The number of rotatable bonds is 11. The molecule has 0 aliphatic carbocycles. The summed E-state index contributed by atoms with van der Waals surface area (Å²) in [6, 6.07) is 0. The normalized spacial score (nSPS) is 17.5. The van der Waals surface area contributed by atoms with Crippen molar-refractivity contribution in [2.45, 2.75) is 48.4 Å². The van der Waals surface area contributed by atoms with Gasteiger partial charge in [0.2, 0.25) is 0 Å². The molecular formula is C16H15F16N3O2. The molecule has 1 N–H and O–H groups in total. The van der Waals surface area contributed by atoms with Crippen molar-refractivity contribution in [1.29, 1.82) is 0 Å². The molecule has 218 valence electrons. The fourth-order valence-electron chi connectivity index (χ4n) is 2.78. The van der Waals surface area contributed by atoms with Crippen LogP contribution < -0.4 is 5.32 Å². The number of amides is 2. The molecule has 0 bridgehead atoms. The van der Waals surface area contributed by atoms with Crippen LogP contribution >= 0.6 is 0 Å².